The summed E-state index contributed by atoms with van der Waals surface area (Å²) >= 11 is 0. The van der Waals surface area contributed by atoms with Gasteiger partial charge in [0.1, 0.15) is 6.42 Å². The first-order valence-electron chi connectivity index (χ1n) is 6.66. The van der Waals surface area contributed by atoms with Crippen molar-refractivity contribution in [1.82, 2.24) is 0 Å². The summed E-state index contributed by atoms with van der Waals surface area (Å²) in [7, 11) is 0. The van der Waals surface area contributed by atoms with Gasteiger partial charge in [-0.2, -0.15) is 0 Å². The molecule has 0 spiro atoms. The lowest BCUT2D eigenvalue weighted by Gasteiger charge is -2.03. The smallest absolute Gasteiger partial charge is 0.313 e. The maximum absolute atomic E-state index is 11.6. The highest BCUT2D eigenvalue weighted by atomic mass is 16.5. The first-order valence-corrected chi connectivity index (χ1v) is 6.66. The summed E-state index contributed by atoms with van der Waals surface area (Å²) in [5.41, 5.74) is 2.37. The quantitative estimate of drug-likeness (QED) is 0.447. The molecule has 3 nitrogen and oxygen atoms in total. The minimum atomic E-state index is -0.465. The number of hydrogen-bond donors (Lipinski definition) is 0. The molecule has 1 aliphatic carbocycles. The number of hydrogen-bond acceptors (Lipinski definition) is 3. The Labute approximate surface area is 113 Å². The molecule has 100 valence electrons. The minimum Gasteiger partial charge on any atom is -0.466 e. The number of esters is 1. The topological polar surface area (TPSA) is 43.4 Å². The summed E-state index contributed by atoms with van der Waals surface area (Å²) in [5, 5.41) is 0. The molecule has 0 atom stereocenters. The Morgan fingerprint density at radius 3 is 2.74 bits per heavy atom. The highest BCUT2D eigenvalue weighted by Crippen LogP contribution is 2.41. The molecule has 1 aromatic carbocycles. The molecule has 1 saturated carbocycles. The average molecular weight is 258 g/mol. The SMILES string of the molecule is CCOC(=O)CC(=O)C=Cc1ccccc1C1CC1. The van der Waals surface area contributed by atoms with Crippen molar-refractivity contribution >= 4 is 17.8 Å². The number of ether oxygens (including phenoxy) is 1. The molecule has 0 bridgehead atoms. The third kappa shape index (κ3) is 4.05. The first-order chi connectivity index (χ1) is 9.20. The molecule has 0 unspecified atom stereocenters. The average Bonchev–Trinajstić information content (AvgIpc) is 3.21. The molecular formula is C16H18O3. The molecule has 2 rings (SSSR count). The third-order valence-electron chi connectivity index (χ3n) is 3.09. The van der Waals surface area contributed by atoms with Gasteiger partial charge < -0.3 is 4.74 Å². The molecule has 0 amide bonds. The fraction of sp³-hybridized carbons (Fsp3) is 0.375. The van der Waals surface area contributed by atoms with Gasteiger partial charge in [0.25, 0.3) is 0 Å². The van der Waals surface area contributed by atoms with Crippen LogP contribution in [0.1, 0.15) is 43.2 Å². The summed E-state index contributed by atoms with van der Waals surface area (Å²) in [6.07, 6.45) is 5.53. The molecule has 1 fully saturated rings. The lowest BCUT2D eigenvalue weighted by Crippen LogP contribution is -2.09. The molecule has 0 saturated heterocycles. The van der Waals surface area contributed by atoms with Crippen LogP contribution in [-0.2, 0) is 14.3 Å². The van der Waals surface area contributed by atoms with Crippen molar-refractivity contribution in [2.45, 2.75) is 32.1 Å². The van der Waals surface area contributed by atoms with Crippen molar-refractivity contribution in [3.05, 3.63) is 41.5 Å². The Balaban J connectivity index is 1.98. The van der Waals surface area contributed by atoms with E-state index < -0.39 is 5.97 Å². The van der Waals surface area contributed by atoms with Gasteiger partial charge in [-0.05, 0) is 42.9 Å². The Bertz CT molecular complexity index is 498. The van der Waals surface area contributed by atoms with Gasteiger partial charge >= 0.3 is 5.97 Å². The van der Waals surface area contributed by atoms with Gasteiger partial charge in [-0.25, -0.2) is 0 Å². The number of carbonyl (C=O) groups excluding carboxylic acids is 2. The lowest BCUT2D eigenvalue weighted by molar-refractivity contribution is -0.144. The molecule has 1 aromatic rings. The van der Waals surface area contributed by atoms with E-state index in [4.69, 9.17) is 4.74 Å². The second kappa shape index (κ2) is 6.32. The summed E-state index contributed by atoms with van der Waals surface area (Å²) in [5.74, 6) is -0.0438. The predicted octanol–water partition coefficient (Wildman–Crippen LogP) is 3.10. The third-order valence-corrected chi connectivity index (χ3v) is 3.09. The molecule has 0 heterocycles. The summed E-state index contributed by atoms with van der Waals surface area (Å²) in [6.45, 7) is 2.03. The molecule has 3 heteroatoms. The fourth-order valence-corrected chi connectivity index (χ4v) is 2.02. The summed E-state index contributed by atoms with van der Waals surface area (Å²) in [6, 6.07) is 8.09. The zero-order valence-electron chi connectivity index (χ0n) is 11.1. The van der Waals surface area contributed by atoms with Crippen LogP contribution >= 0.6 is 0 Å². The van der Waals surface area contributed by atoms with Crippen molar-refractivity contribution < 1.29 is 14.3 Å². The number of rotatable bonds is 6. The Morgan fingerprint density at radius 1 is 1.32 bits per heavy atom. The molecule has 0 aliphatic heterocycles. The van der Waals surface area contributed by atoms with E-state index in [1.807, 2.05) is 18.2 Å². The Morgan fingerprint density at radius 2 is 2.05 bits per heavy atom. The normalized spacial score (nSPS) is 14.6. The van der Waals surface area contributed by atoms with Crippen LogP contribution in [0.3, 0.4) is 0 Å². The highest BCUT2D eigenvalue weighted by molar-refractivity contribution is 6.04. The van der Waals surface area contributed by atoms with E-state index in [2.05, 4.69) is 6.07 Å². The lowest BCUT2D eigenvalue weighted by atomic mass is 10.0. The summed E-state index contributed by atoms with van der Waals surface area (Å²) in [4.78, 5) is 22.8. The van der Waals surface area contributed by atoms with E-state index in [1.165, 1.54) is 24.5 Å². The van der Waals surface area contributed by atoms with Crippen LogP contribution in [0, 0.1) is 0 Å². The zero-order chi connectivity index (χ0) is 13.7. The number of benzene rings is 1. The van der Waals surface area contributed by atoms with Crippen LogP contribution in [-0.4, -0.2) is 18.4 Å². The molecule has 0 aromatic heterocycles. The van der Waals surface area contributed by atoms with Crippen LogP contribution in [0.15, 0.2) is 30.3 Å². The van der Waals surface area contributed by atoms with Gasteiger partial charge in [-0.3, -0.25) is 9.59 Å². The van der Waals surface area contributed by atoms with Crippen molar-refractivity contribution in [1.29, 1.82) is 0 Å². The van der Waals surface area contributed by atoms with E-state index in [-0.39, 0.29) is 12.2 Å². The van der Waals surface area contributed by atoms with E-state index >= 15 is 0 Å². The van der Waals surface area contributed by atoms with Crippen LogP contribution in [0.2, 0.25) is 0 Å². The molecular weight excluding hydrogens is 240 g/mol. The van der Waals surface area contributed by atoms with Crippen LogP contribution in [0.5, 0.6) is 0 Å². The van der Waals surface area contributed by atoms with Gasteiger partial charge in [-0.15, -0.1) is 0 Å². The van der Waals surface area contributed by atoms with E-state index in [9.17, 15) is 9.59 Å². The maximum atomic E-state index is 11.6. The monoisotopic (exact) mass is 258 g/mol. The van der Waals surface area contributed by atoms with Crippen molar-refractivity contribution in [2.75, 3.05) is 6.61 Å². The fourth-order valence-electron chi connectivity index (χ4n) is 2.02. The Hall–Kier alpha value is -1.90. The van der Waals surface area contributed by atoms with E-state index in [1.54, 1.807) is 13.0 Å². The number of ketones is 1. The van der Waals surface area contributed by atoms with Crippen LogP contribution in [0.25, 0.3) is 6.08 Å². The predicted molar refractivity (Wildman–Crippen MR) is 73.7 cm³/mol. The number of carbonyl (C=O) groups is 2. The van der Waals surface area contributed by atoms with Gasteiger partial charge in [0.2, 0.25) is 0 Å². The van der Waals surface area contributed by atoms with Gasteiger partial charge in [0, 0.05) is 0 Å². The van der Waals surface area contributed by atoms with E-state index in [0.717, 1.165) is 5.56 Å². The minimum absolute atomic E-state index is 0.185. The second-order valence-corrected chi connectivity index (χ2v) is 4.68. The first kappa shape index (κ1) is 13.5. The van der Waals surface area contributed by atoms with Gasteiger partial charge in [0.15, 0.2) is 5.78 Å². The maximum Gasteiger partial charge on any atom is 0.313 e. The molecule has 19 heavy (non-hydrogen) atoms. The highest BCUT2D eigenvalue weighted by Gasteiger charge is 2.24. The largest absolute Gasteiger partial charge is 0.466 e. The Kier molecular flexibility index (Phi) is 4.50. The van der Waals surface area contributed by atoms with Crippen LogP contribution in [0.4, 0.5) is 0 Å². The van der Waals surface area contributed by atoms with Crippen molar-refractivity contribution in [3.63, 3.8) is 0 Å². The van der Waals surface area contributed by atoms with Crippen molar-refractivity contribution in [3.8, 4) is 0 Å². The molecule has 0 N–H and O–H groups in total. The van der Waals surface area contributed by atoms with Gasteiger partial charge in [-0.1, -0.05) is 30.3 Å². The summed E-state index contributed by atoms with van der Waals surface area (Å²) < 4.78 is 4.74. The van der Waals surface area contributed by atoms with E-state index in [0.29, 0.717) is 12.5 Å². The van der Waals surface area contributed by atoms with Crippen LogP contribution < -0.4 is 0 Å². The standard InChI is InChI=1S/C16H18O3/c1-2-19-16(18)11-14(17)10-9-12-5-3-4-6-15(12)13-7-8-13/h3-6,9-10,13H,2,7-8,11H2,1H3. The number of allylic oxidation sites excluding steroid dienone is 1. The van der Waals surface area contributed by atoms with Gasteiger partial charge in [0.05, 0.1) is 6.61 Å². The second-order valence-electron chi connectivity index (χ2n) is 4.68. The zero-order valence-corrected chi connectivity index (χ0v) is 11.1. The van der Waals surface area contributed by atoms with Crippen molar-refractivity contribution in [2.24, 2.45) is 0 Å². The molecule has 0 radical (unpaired) electrons. The molecule has 1 aliphatic rings.